The van der Waals surface area contributed by atoms with Crippen molar-refractivity contribution in [3.8, 4) is 5.75 Å². The molecule has 0 fully saturated rings. The molecule has 144 valence electrons. The molecular formula is C19H19F3N2O3. The summed E-state index contributed by atoms with van der Waals surface area (Å²) in [6.45, 7) is 2.17. The fraction of sp³-hybridized carbons (Fsp3) is 0.263. The number of nitrogens with one attached hydrogen (secondary N) is 2. The van der Waals surface area contributed by atoms with Crippen LogP contribution in [-0.2, 0) is 4.79 Å². The molecule has 2 aromatic rings. The largest absolute Gasteiger partial charge is 0.494 e. The third kappa shape index (κ3) is 5.73. The summed E-state index contributed by atoms with van der Waals surface area (Å²) in [5.74, 6) is -5.22. The first-order valence-electron chi connectivity index (χ1n) is 8.36. The van der Waals surface area contributed by atoms with Crippen LogP contribution in [0.25, 0.3) is 0 Å². The summed E-state index contributed by atoms with van der Waals surface area (Å²) in [5.41, 5.74) is -0.202. The summed E-state index contributed by atoms with van der Waals surface area (Å²) in [6, 6.07) is 7.96. The van der Waals surface area contributed by atoms with Crippen LogP contribution in [0.5, 0.6) is 5.75 Å². The highest BCUT2D eigenvalue weighted by atomic mass is 19.2. The summed E-state index contributed by atoms with van der Waals surface area (Å²) in [6.07, 6.45) is 1.94. The molecule has 0 aliphatic rings. The summed E-state index contributed by atoms with van der Waals surface area (Å²) in [5, 5.41) is 4.42. The lowest BCUT2D eigenvalue weighted by molar-refractivity contribution is -0.115. The molecule has 0 aliphatic carbocycles. The van der Waals surface area contributed by atoms with E-state index in [1.165, 1.54) is 0 Å². The number of anilines is 1. The number of halogens is 3. The summed E-state index contributed by atoms with van der Waals surface area (Å²) in [7, 11) is 0. The van der Waals surface area contributed by atoms with E-state index in [4.69, 9.17) is 4.74 Å². The van der Waals surface area contributed by atoms with Gasteiger partial charge in [0.1, 0.15) is 5.75 Å². The fourth-order valence-electron chi connectivity index (χ4n) is 2.12. The van der Waals surface area contributed by atoms with Crippen molar-refractivity contribution in [3.63, 3.8) is 0 Å². The first-order chi connectivity index (χ1) is 12.9. The lowest BCUT2D eigenvalue weighted by Gasteiger charge is -2.09. The smallest absolute Gasteiger partial charge is 0.251 e. The third-order valence-corrected chi connectivity index (χ3v) is 3.60. The van der Waals surface area contributed by atoms with Crippen molar-refractivity contribution >= 4 is 17.5 Å². The molecule has 0 aliphatic heterocycles. The van der Waals surface area contributed by atoms with Gasteiger partial charge in [-0.25, -0.2) is 13.2 Å². The number of amides is 2. The second-order valence-corrected chi connectivity index (χ2v) is 5.68. The second kappa shape index (κ2) is 9.61. The Balaban J connectivity index is 1.86. The molecule has 0 radical (unpaired) electrons. The van der Waals surface area contributed by atoms with Gasteiger partial charge in [0.25, 0.3) is 5.91 Å². The average Bonchev–Trinajstić information content (AvgIpc) is 2.67. The van der Waals surface area contributed by atoms with Crippen LogP contribution in [0.1, 0.15) is 30.1 Å². The lowest BCUT2D eigenvalue weighted by Crippen LogP contribution is -2.33. The Hall–Kier alpha value is -3.03. The minimum absolute atomic E-state index is 0.310. The van der Waals surface area contributed by atoms with E-state index in [2.05, 4.69) is 10.6 Å². The number of rotatable bonds is 8. The zero-order chi connectivity index (χ0) is 19.8. The maximum Gasteiger partial charge on any atom is 0.251 e. The van der Waals surface area contributed by atoms with Crippen LogP contribution >= 0.6 is 0 Å². The Bertz CT molecular complexity index is 811. The molecule has 0 saturated heterocycles. The number of benzene rings is 2. The van der Waals surface area contributed by atoms with Crippen molar-refractivity contribution in [2.75, 3.05) is 18.5 Å². The normalized spacial score (nSPS) is 10.4. The van der Waals surface area contributed by atoms with Crippen LogP contribution in [0.4, 0.5) is 18.9 Å². The minimum atomic E-state index is -1.68. The van der Waals surface area contributed by atoms with E-state index in [-0.39, 0.29) is 0 Å². The molecule has 8 heteroatoms. The van der Waals surface area contributed by atoms with Crippen molar-refractivity contribution in [1.29, 1.82) is 0 Å². The van der Waals surface area contributed by atoms with Gasteiger partial charge in [-0.1, -0.05) is 13.3 Å². The van der Waals surface area contributed by atoms with Crippen molar-refractivity contribution in [2.45, 2.75) is 19.8 Å². The highest BCUT2D eigenvalue weighted by Gasteiger charge is 2.15. The molecule has 0 heterocycles. The molecule has 0 saturated carbocycles. The number of hydrogen-bond donors (Lipinski definition) is 2. The molecule has 5 nitrogen and oxygen atoms in total. The Morgan fingerprint density at radius 1 is 1.00 bits per heavy atom. The van der Waals surface area contributed by atoms with Crippen LogP contribution in [0.3, 0.4) is 0 Å². The maximum atomic E-state index is 13.5. The maximum absolute atomic E-state index is 13.5. The van der Waals surface area contributed by atoms with Crippen molar-refractivity contribution in [3.05, 3.63) is 59.4 Å². The number of unbranched alkanes of at least 4 members (excludes halogenated alkanes) is 1. The molecule has 2 amide bonds. The summed E-state index contributed by atoms with van der Waals surface area (Å²) < 4.78 is 45.0. The average molecular weight is 380 g/mol. The molecule has 0 atom stereocenters. The third-order valence-electron chi connectivity index (χ3n) is 3.60. The van der Waals surface area contributed by atoms with E-state index in [0.29, 0.717) is 24.0 Å². The molecule has 2 N–H and O–H groups in total. The number of carbonyl (C=O) groups is 2. The summed E-state index contributed by atoms with van der Waals surface area (Å²) >= 11 is 0. The first-order valence-corrected chi connectivity index (χ1v) is 8.36. The minimum Gasteiger partial charge on any atom is -0.494 e. The lowest BCUT2D eigenvalue weighted by atomic mass is 10.2. The van der Waals surface area contributed by atoms with Gasteiger partial charge in [0.05, 0.1) is 18.8 Å². The molecule has 0 aromatic heterocycles. The summed E-state index contributed by atoms with van der Waals surface area (Å²) in [4.78, 5) is 23.8. The van der Waals surface area contributed by atoms with E-state index in [9.17, 15) is 22.8 Å². The van der Waals surface area contributed by atoms with E-state index >= 15 is 0 Å². The van der Waals surface area contributed by atoms with Crippen LogP contribution in [0, 0.1) is 17.5 Å². The van der Waals surface area contributed by atoms with Gasteiger partial charge in [-0.3, -0.25) is 9.59 Å². The molecule has 2 aromatic carbocycles. The van der Waals surface area contributed by atoms with Gasteiger partial charge in [-0.05, 0) is 42.8 Å². The van der Waals surface area contributed by atoms with E-state index < -0.39 is 41.5 Å². The SMILES string of the molecule is CCCCOc1ccc(C(=O)NCC(=O)Nc2ccc(F)c(F)c2F)cc1. The van der Waals surface area contributed by atoms with Crippen LogP contribution in [0.2, 0.25) is 0 Å². The van der Waals surface area contributed by atoms with Crippen LogP contribution in [-0.4, -0.2) is 25.0 Å². The predicted octanol–water partition coefficient (Wildman–Crippen LogP) is 3.65. The van der Waals surface area contributed by atoms with Gasteiger partial charge in [-0.2, -0.15) is 0 Å². The molecule has 2 rings (SSSR count). The molecular weight excluding hydrogens is 361 g/mol. The van der Waals surface area contributed by atoms with Gasteiger partial charge in [0.15, 0.2) is 17.5 Å². The van der Waals surface area contributed by atoms with Gasteiger partial charge in [0.2, 0.25) is 5.91 Å². The van der Waals surface area contributed by atoms with Gasteiger partial charge in [-0.15, -0.1) is 0 Å². The zero-order valence-electron chi connectivity index (χ0n) is 14.7. The molecule has 0 spiro atoms. The van der Waals surface area contributed by atoms with Crippen molar-refractivity contribution < 1.29 is 27.5 Å². The highest BCUT2D eigenvalue weighted by Crippen LogP contribution is 2.19. The van der Waals surface area contributed by atoms with E-state index in [0.717, 1.165) is 18.9 Å². The van der Waals surface area contributed by atoms with Crippen molar-refractivity contribution in [1.82, 2.24) is 5.32 Å². The molecule has 0 bridgehead atoms. The highest BCUT2D eigenvalue weighted by molar-refractivity contribution is 5.99. The molecule has 27 heavy (non-hydrogen) atoms. The van der Waals surface area contributed by atoms with E-state index in [1.807, 2.05) is 6.92 Å². The Kier molecular flexibility index (Phi) is 7.22. The first kappa shape index (κ1) is 20.3. The fourth-order valence-corrected chi connectivity index (χ4v) is 2.12. The second-order valence-electron chi connectivity index (χ2n) is 5.68. The van der Waals surface area contributed by atoms with Gasteiger partial charge in [0, 0.05) is 5.56 Å². The van der Waals surface area contributed by atoms with E-state index in [1.54, 1.807) is 24.3 Å². The standard InChI is InChI=1S/C19H19F3N2O3/c1-2-3-10-27-13-6-4-12(5-7-13)19(26)23-11-16(25)24-15-9-8-14(20)17(21)18(15)22/h4-9H,2-3,10-11H2,1H3,(H,23,26)(H,24,25). The quantitative estimate of drug-likeness (QED) is 0.543. The zero-order valence-corrected chi connectivity index (χ0v) is 14.7. The predicted molar refractivity (Wildman–Crippen MR) is 94.1 cm³/mol. The topological polar surface area (TPSA) is 67.4 Å². The van der Waals surface area contributed by atoms with Crippen LogP contribution < -0.4 is 15.4 Å². The Morgan fingerprint density at radius 2 is 1.70 bits per heavy atom. The Labute approximate surface area is 154 Å². The van der Waals surface area contributed by atoms with Gasteiger partial charge >= 0.3 is 0 Å². The van der Waals surface area contributed by atoms with Crippen LogP contribution in [0.15, 0.2) is 36.4 Å². The number of ether oxygens (including phenoxy) is 1. The monoisotopic (exact) mass is 380 g/mol. The van der Waals surface area contributed by atoms with Crippen molar-refractivity contribution in [2.24, 2.45) is 0 Å². The number of carbonyl (C=O) groups excluding carboxylic acids is 2. The Morgan fingerprint density at radius 3 is 2.37 bits per heavy atom. The molecule has 0 unspecified atom stereocenters. The number of hydrogen-bond acceptors (Lipinski definition) is 3. The van der Waals surface area contributed by atoms with Gasteiger partial charge < -0.3 is 15.4 Å².